The summed E-state index contributed by atoms with van der Waals surface area (Å²) in [4.78, 5) is 2.15. The maximum atomic E-state index is 13.0. The summed E-state index contributed by atoms with van der Waals surface area (Å²) >= 11 is 0. The van der Waals surface area contributed by atoms with E-state index in [9.17, 15) is 12.8 Å². The number of hydrogen-bond acceptors (Lipinski definition) is 3. The van der Waals surface area contributed by atoms with Crippen molar-refractivity contribution in [3.63, 3.8) is 0 Å². The summed E-state index contributed by atoms with van der Waals surface area (Å²) in [6.45, 7) is 2.01. The smallest absolute Gasteiger partial charge is 0.233 e. The molecule has 1 N–H and O–H groups in total. The van der Waals surface area contributed by atoms with Crippen molar-refractivity contribution in [3.8, 4) is 0 Å². The van der Waals surface area contributed by atoms with Gasteiger partial charge in [0.1, 0.15) is 5.82 Å². The molecule has 1 fully saturated rings. The Morgan fingerprint density at radius 3 is 2.56 bits per heavy atom. The van der Waals surface area contributed by atoms with Crippen molar-refractivity contribution in [3.05, 3.63) is 71.4 Å². The Morgan fingerprint density at radius 1 is 1.12 bits per heavy atom. The van der Waals surface area contributed by atoms with Crippen molar-refractivity contribution >= 4 is 21.8 Å². The van der Waals surface area contributed by atoms with Crippen LogP contribution in [0.2, 0.25) is 0 Å². The minimum atomic E-state index is -3.45. The maximum absolute atomic E-state index is 13.0. The van der Waals surface area contributed by atoms with E-state index in [2.05, 4.69) is 9.62 Å². The average molecular weight is 360 g/mol. The third-order valence-electron chi connectivity index (χ3n) is 4.29. The van der Waals surface area contributed by atoms with E-state index in [0.717, 1.165) is 30.8 Å². The van der Waals surface area contributed by atoms with Gasteiger partial charge in [-0.3, -0.25) is 0 Å². The second kappa shape index (κ2) is 7.80. The molecule has 0 radical (unpaired) electrons. The van der Waals surface area contributed by atoms with Gasteiger partial charge in [0.25, 0.3) is 0 Å². The Bertz CT molecular complexity index is 820. The van der Waals surface area contributed by atoms with Gasteiger partial charge in [-0.25, -0.2) is 17.5 Å². The molecule has 0 spiro atoms. The quantitative estimate of drug-likeness (QED) is 0.860. The summed E-state index contributed by atoms with van der Waals surface area (Å²) in [5.74, 6) is -0.0117. The Hall–Kier alpha value is -2.18. The van der Waals surface area contributed by atoms with Crippen LogP contribution in [0.4, 0.5) is 10.1 Å². The highest BCUT2D eigenvalue weighted by Gasteiger charge is 2.23. The molecule has 0 amide bonds. The standard InChI is InChI=1S/C19H21FN2O2S/c20-18-6-8-19(9-7-18)22-12-10-17(15-22)14-21-25(23,24)13-11-16-4-2-1-3-5-16/h1-9,11,13,17,21H,10,12,14-15H2. The van der Waals surface area contributed by atoms with E-state index < -0.39 is 10.0 Å². The summed E-state index contributed by atoms with van der Waals surface area (Å²) in [6.07, 6.45) is 2.49. The number of hydrogen-bond donors (Lipinski definition) is 1. The lowest BCUT2D eigenvalue weighted by molar-refractivity contribution is 0.547. The van der Waals surface area contributed by atoms with E-state index >= 15 is 0 Å². The molecule has 1 heterocycles. The van der Waals surface area contributed by atoms with Gasteiger partial charge in [-0.05, 0) is 48.2 Å². The van der Waals surface area contributed by atoms with Crippen LogP contribution >= 0.6 is 0 Å². The molecule has 25 heavy (non-hydrogen) atoms. The lowest BCUT2D eigenvalue weighted by atomic mass is 10.1. The topological polar surface area (TPSA) is 49.4 Å². The number of benzene rings is 2. The molecular formula is C19H21FN2O2S. The van der Waals surface area contributed by atoms with Gasteiger partial charge in [-0.15, -0.1) is 0 Å². The Balaban J connectivity index is 1.52. The molecule has 4 nitrogen and oxygen atoms in total. The highest BCUT2D eigenvalue weighted by molar-refractivity contribution is 7.92. The Morgan fingerprint density at radius 2 is 1.84 bits per heavy atom. The van der Waals surface area contributed by atoms with Crippen LogP contribution in [0, 0.1) is 11.7 Å². The normalized spacial score (nSPS) is 18.1. The van der Waals surface area contributed by atoms with Gasteiger partial charge in [-0.2, -0.15) is 0 Å². The maximum Gasteiger partial charge on any atom is 0.233 e. The largest absolute Gasteiger partial charge is 0.371 e. The molecule has 2 aromatic carbocycles. The van der Waals surface area contributed by atoms with Gasteiger partial charge < -0.3 is 4.90 Å². The predicted molar refractivity (Wildman–Crippen MR) is 99.1 cm³/mol. The van der Waals surface area contributed by atoms with Crippen LogP contribution in [-0.2, 0) is 10.0 Å². The number of sulfonamides is 1. The zero-order valence-electron chi connectivity index (χ0n) is 13.8. The lowest BCUT2D eigenvalue weighted by Gasteiger charge is -2.18. The van der Waals surface area contributed by atoms with E-state index in [1.54, 1.807) is 18.2 Å². The first-order chi connectivity index (χ1) is 12.0. The second-order valence-corrected chi connectivity index (χ2v) is 7.83. The van der Waals surface area contributed by atoms with E-state index in [0.29, 0.717) is 6.54 Å². The molecule has 1 aliphatic rings. The van der Waals surface area contributed by atoms with Gasteiger partial charge in [0.05, 0.1) is 0 Å². The third-order valence-corrected chi connectivity index (χ3v) is 5.35. The SMILES string of the molecule is O=S(=O)(C=Cc1ccccc1)NCC1CCN(c2ccc(F)cc2)C1. The molecule has 2 aromatic rings. The van der Waals surface area contributed by atoms with Crippen molar-refractivity contribution in [2.75, 3.05) is 24.5 Å². The highest BCUT2D eigenvalue weighted by atomic mass is 32.2. The van der Waals surface area contributed by atoms with Gasteiger partial charge in [0.2, 0.25) is 10.0 Å². The minimum absolute atomic E-state index is 0.241. The number of halogens is 1. The summed E-state index contributed by atoms with van der Waals surface area (Å²) < 4.78 is 39.8. The number of anilines is 1. The molecule has 1 unspecified atom stereocenters. The molecule has 0 bridgehead atoms. The fourth-order valence-electron chi connectivity index (χ4n) is 2.90. The van der Waals surface area contributed by atoms with E-state index in [1.165, 1.54) is 17.5 Å². The minimum Gasteiger partial charge on any atom is -0.371 e. The monoisotopic (exact) mass is 360 g/mol. The molecule has 3 rings (SSSR count). The van der Waals surface area contributed by atoms with E-state index in [4.69, 9.17) is 0 Å². The van der Waals surface area contributed by atoms with Crippen molar-refractivity contribution in [2.45, 2.75) is 6.42 Å². The zero-order valence-corrected chi connectivity index (χ0v) is 14.6. The molecule has 1 aliphatic heterocycles. The summed E-state index contributed by atoms with van der Waals surface area (Å²) in [5.41, 5.74) is 1.81. The van der Waals surface area contributed by atoms with Gasteiger partial charge >= 0.3 is 0 Å². The fourth-order valence-corrected chi connectivity index (χ4v) is 3.80. The molecule has 0 aromatic heterocycles. The summed E-state index contributed by atoms with van der Waals surface area (Å²) in [7, 11) is -3.45. The van der Waals surface area contributed by atoms with Gasteiger partial charge in [0, 0.05) is 30.7 Å². The van der Waals surface area contributed by atoms with Crippen LogP contribution < -0.4 is 9.62 Å². The van der Waals surface area contributed by atoms with Crippen molar-refractivity contribution < 1.29 is 12.8 Å². The first-order valence-electron chi connectivity index (χ1n) is 8.25. The molecule has 1 atom stereocenters. The highest BCUT2D eigenvalue weighted by Crippen LogP contribution is 2.23. The van der Waals surface area contributed by atoms with Crippen LogP contribution in [0.5, 0.6) is 0 Å². The first-order valence-corrected chi connectivity index (χ1v) is 9.80. The van der Waals surface area contributed by atoms with Crippen LogP contribution in [-0.4, -0.2) is 28.1 Å². The van der Waals surface area contributed by atoms with Crippen LogP contribution in [0.25, 0.3) is 6.08 Å². The van der Waals surface area contributed by atoms with Crippen molar-refractivity contribution in [1.29, 1.82) is 0 Å². The van der Waals surface area contributed by atoms with Crippen LogP contribution in [0.3, 0.4) is 0 Å². The van der Waals surface area contributed by atoms with Gasteiger partial charge in [-0.1, -0.05) is 30.3 Å². The zero-order chi connectivity index (χ0) is 17.7. The van der Waals surface area contributed by atoms with Crippen molar-refractivity contribution in [1.82, 2.24) is 4.72 Å². The number of nitrogens with one attached hydrogen (secondary N) is 1. The molecule has 132 valence electrons. The molecule has 1 saturated heterocycles. The lowest BCUT2D eigenvalue weighted by Crippen LogP contribution is -2.29. The second-order valence-electron chi connectivity index (χ2n) is 6.18. The average Bonchev–Trinajstić information content (AvgIpc) is 3.09. The molecule has 0 saturated carbocycles. The molecule has 0 aliphatic carbocycles. The van der Waals surface area contributed by atoms with Crippen LogP contribution in [0.15, 0.2) is 60.0 Å². The molecular weight excluding hydrogens is 339 g/mol. The summed E-state index contributed by atoms with van der Waals surface area (Å²) in [6, 6.07) is 15.7. The molecule has 6 heteroatoms. The summed E-state index contributed by atoms with van der Waals surface area (Å²) in [5, 5.41) is 1.20. The Labute approximate surface area is 148 Å². The number of rotatable bonds is 6. The van der Waals surface area contributed by atoms with E-state index in [1.807, 2.05) is 30.3 Å². The van der Waals surface area contributed by atoms with Crippen molar-refractivity contribution in [2.24, 2.45) is 5.92 Å². The third kappa shape index (κ3) is 5.14. The Kier molecular flexibility index (Phi) is 5.50. The van der Waals surface area contributed by atoms with Gasteiger partial charge in [0.15, 0.2) is 0 Å². The first kappa shape index (κ1) is 17.6. The predicted octanol–water partition coefficient (Wildman–Crippen LogP) is 3.24. The van der Waals surface area contributed by atoms with E-state index in [-0.39, 0.29) is 11.7 Å². The van der Waals surface area contributed by atoms with Crippen LogP contribution in [0.1, 0.15) is 12.0 Å². The number of nitrogens with zero attached hydrogens (tertiary/aromatic N) is 1. The fraction of sp³-hybridized carbons (Fsp3) is 0.263.